The predicted octanol–water partition coefficient (Wildman–Crippen LogP) is 8.49. The summed E-state index contributed by atoms with van der Waals surface area (Å²) < 4.78 is 43.0. The van der Waals surface area contributed by atoms with Crippen molar-refractivity contribution in [3.05, 3.63) is 64.2 Å². The second-order valence-electron chi connectivity index (χ2n) is 9.93. The zero-order chi connectivity index (χ0) is 26.6. The van der Waals surface area contributed by atoms with Gasteiger partial charge >= 0.3 is 0 Å². The summed E-state index contributed by atoms with van der Waals surface area (Å²) in [5.74, 6) is 0.466. The smallest absolute Gasteiger partial charge is 0.184 e. The summed E-state index contributed by atoms with van der Waals surface area (Å²) in [4.78, 5) is 0. The molecule has 0 atom stereocenters. The number of allylic oxidation sites excluding steroid dienone is 1. The molecule has 5 heteroatoms. The highest BCUT2D eigenvalue weighted by Crippen LogP contribution is 2.39. The highest BCUT2D eigenvalue weighted by atomic mass is 19.1. The number of ether oxygens (including phenoxy) is 2. The van der Waals surface area contributed by atoms with E-state index >= 15 is 0 Å². The predicted molar refractivity (Wildman–Crippen MR) is 149 cm³/mol. The van der Waals surface area contributed by atoms with Gasteiger partial charge in [-0.3, -0.25) is 0 Å². The first kappa shape index (κ1) is 28.9. The minimum absolute atomic E-state index is 0.131. The second kappa shape index (κ2) is 14.9. The Labute approximate surface area is 222 Å². The van der Waals surface area contributed by atoms with Crippen LogP contribution in [0.5, 0.6) is 11.5 Å². The third kappa shape index (κ3) is 7.43. The zero-order valence-electron chi connectivity index (χ0n) is 23.2. The molecule has 37 heavy (non-hydrogen) atoms. The van der Waals surface area contributed by atoms with Crippen molar-refractivity contribution in [1.82, 2.24) is 0 Å². The number of nitrogens with zero attached hydrogens (tertiary/aromatic N) is 1. The van der Waals surface area contributed by atoms with Gasteiger partial charge in [-0.2, -0.15) is 0 Å². The van der Waals surface area contributed by atoms with Crippen molar-refractivity contribution in [2.45, 2.75) is 91.0 Å². The Morgan fingerprint density at radius 2 is 1.62 bits per heavy atom. The SMILES string of the molecule is CCCCCC=Cc1c2c(cc(OC)c1OC)C(CCCCCCC)=[N+](Cc1c(F)cccc1F)CC2. The summed E-state index contributed by atoms with van der Waals surface area (Å²) in [7, 11) is 3.35. The Morgan fingerprint density at radius 1 is 0.919 bits per heavy atom. The molecule has 0 amide bonds. The first-order valence-corrected chi connectivity index (χ1v) is 14.0. The molecule has 0 bridgehead atoms. The van der Waals surface area contributed by atoms with Crippen LogP contribution in [-0.4, -0.2) is 31.1 Å². The average molecular weight is 513 g/mol. The number of methoxy groups -OCH3 is 2. The minimum Gasteiger partial charge on any atom is -0.493 e. The molecule has 0 spiro atoms. The monoisotopic (exact) mass is 512 g/mol. The Bertz CT molecular complexity index is 1070. The second-order valence-corrected chi connectivity index (χ2v) is 9.93. The fourth-order valence-electron chi connectivity index (χ4n) is 5.27. The topological polar surface area (TPSA) is 21.5 Å². The van der Waals surface area contributed by atoms with Gasteiger partial charge in [0.15, 0.2) is 23.8 Å². The Balaban J connectivity index is 2.07. The highest BCUT2D eigenvalue weighted by Gasteiger charge is 2.31. The summed E-state index contributed by atoms with van der Waals surface area (Å²) in [6.45, 7) is 5.35. The molecule has 3 nitrogen and oxygen atoms in total. The molecule has 1 heterocycles. The molecule has 2 aromatic rings. The van der Waals surface area contributed by atoms with Crippen molar-refractivity contribution >= 4 is 11.8 Å². The Hall–Kier alpha value is -2.69. The molecule has 2 aromatic carbocycles. The molecule has 202 valence electrons. The van der Waals surface area contributed by atoms with Crippen LogP contribution in [0.1, 0.15) is 100 Å². The lowest BCUT2D eigenvalue weighted by Gasteiger charge is -2.24. The lowest BCUT2D eigenvalue weighted by Crippen LogP contribution is -2.31. The number of hydrogen-bond donors (Lipinski definition) is 0. The third-order valence-corrected chi connectivity index (χ3v) is 7.33. The maximum absolute atomic E-state index is 14.6. The van der Waals surface area contributed by atoms with E-state index in [4.69, 9.17) is 9.47 Å². The van der Waals surface area contributed by atoms with Crippen molar-refractivity contribution in [3.63, 3.8) is 0 Å². The number of hydrogen-bond acceptors (Lipinski definition) is 2. The highest BCUT2D eigenvalue weighted by molar-refractivity contribution is 6.00. The van der Waals surface area contributed by atoms with E-state index in [1.165, 1.54) is 62.3 Å². The number of halogens is 2. The zero-order valence-corrected chi connectivity index (χ0v) is 23.2. The maximum Gasteiger partial charge on any atom is 0.184 e. The molecule has 0 unspecified atom stereocenters. The van der Waals surface area contributed by atoms with Crippen LogP contribution in [0, 0.1) is 11.6 Å². The first-order chi connectivity index (χ1) is 18.0. The van der Waals surface area contributed by atoms with Gasteiger partial charge in [0.1, 0.15) is 18.2 Å². The van der Waals surface area contributed by atoms with Crippen molar-refractivity contribution in [1.29, 1.82) is 0 Å². The van der Waals surface area contributed by atoms with Crippen molar-refractivity contribution < 1.29 is 22.8 Å². The minimum atomic E-state index is -0.490. The molecule has 0 aliphatic carbocycles. The maximum atomic E-state index is 14.6. The summed E-state index contributed by atoms with van der Waals surface area (Å²) >= 11 is 0. The van der Waals surface area contributed by atoms with Gasteiger partial charge in [-0.15, -0.1) is 0 Å². The van der Waals surface area contributed by atoms with Gasteiger partial charge in [-0.05, 0) is 43.0 Å². The van der Waals surface area contributed by atoms with Crippen LogP contribution in [0.2, 0.25) is 0 Å². The van der Waals surface area contributed by atoms with Crippen molar-refractivity contribution in [2.24, 2.45) is 0 Å². The molecular formula is C32H44F2NO2+. The number of benzene rings is 2. The molecular weight excluding hydrogens is 468 g/mol. The number of fused-ring (bicyclic) bond motifs is 1. The Kier molecular flexibility index (Phi) is 11.6. The van der Waals surface area contributed by atoms with Crippen molar-refractivity contribution in [3.8, 4) is 11.5 Å². The summed E-state index contributed by atoms with van der Waals surface area (Å²) in [5.41, 5.74) is 4.68. The molecule has 3 rings (SSSR count). The van der Waals surface area contributed by atoms with Crippen LogP contribution in [0.25, 0.3) is 6.08 Å². The lowest BCUT2D eigenvalue weighted by atomic mass is 9.88. The fourth-order valence-corrected chi connectivity index (χ4v) is 5.27. The first-order valence-electron chi connectivity index (χ1n) is 14.0. The van der Waals surface area contributed by atoms with Crippen LogP contribution in [0.3, 0.4) is 0 Å². The molecule has 0 radical (unpaired) electrons. The molecule has 0 aromatic heterocycles. The van der Waals surface area contributed by atoms with E-state index in [0.29, 0.717) is 12.3 Å². The number of rotatable bonds is 15. The van der Waals surface area contributed by atoms with E-state index in [0.717, 1.165) is 54.7 Å². The summed E-state index contributed by atoms with van der Waals surface area (Å²) in [6, 6.07) is 6.17. The molecule has 0 fully saturated rings. The van der Waals surface area contributed by atoms with Crippen LogP contribution >= 0.6 is 0 Å². The molecule has 1 aliphatic heterocycles. The molecule has 0 N–H and O–H groups in total. The van der Waals surface area contributed by atoms with E-state index in [2.05, 4.69) is 36.6 Å². The van der Waals surface area contributed by atoms with Gasteiger partial charge in [0.2, 0.25) is 0 Å². The lowest BCUT2D eigenvalue weighted by molar-refractivity contribution is -0.546. The molecule has 0 saturated carbocycles. The van der Waals surface area contributed by atoms with E-state index < -0.39 is 11.6 Å². The summed E-state index contributed by atoms with van der Waals surface area (Å²) in [6.07, 6.45) is 16.5. The van der Waals surface area contributed by atoms with E-state index in [1.807, 2.05) is 0 Å². The standard InChI is InChI=1S/C32H44F2NO2/c1-5-7-9-11-13-16-25-24-20-21-35(23-27-28(33)17-15-18-29(27)34)30(19-14-12-10-8-6-2)26(24)22-31(36-3)32(25)37-4/h13,15-18,22H,5-12,14,19-21,23H2,1-4H3/q+1. The van der Waals surface area contributed by atoms with Crippen LogP contribution in [0.4, 0.5) is 8.78 Å². The van der Waals surface area contributed by atoms with Gasteiger partial charge in [0.05, 0.1) is 19.8 Å². The van der Waals surface area contributed by atoms with Gasteiger partial charge < -0.3 is 9.47 Å². The van der Waals surface area contributed by atoms with Crippen LogP contribution in [-0.2, 0) is 13.0 Å². The molecule has 0 saturated heterocycles. The average Bonchev–Trinajstić information content (AvgIpc) is 2.90. The van der Waals surface area contributed by atoms with E-state index in [-0.39, 0.29) is 12.1 Å². The van der Waals surface area contributed by atoms with Crippen LogP contribution in [0.15, 0.2) is 30.3 Å². The Morgan fingerprint density at radius 3 is 2.30 bits per heavy atom. The van der Waals surface area contributed by atoms with Crippen molar-refractivity contribution in [2.75, 3.05) is 20.8 Å². The van der Waals surface area contributed by atoms with Crippen LogP contribution < -0.4 is 9.47 Å². The van der Waals surface area contributed by atoms with Gasteiger partial charge in [0.25, 0.3) is 0 Å². The summed E-state index contributed by atoms with van der Waals surface area (Å²) in [5, 5.41) is 0. The third-order valence-electron chi connectivity index (χ3n) is 7.33. The normalized spacial score (nSPS) is 13.4. The van der Waals surface area contributed by atoms with E-state index in [9.17, 15) is 8.78 Å². The quantitative estimate of drug-likeness (QED) is 0.176. The number of unbranched alkanes of at least 4 members (excludes halogenated alkanes) is 7. The van der Waals surface area contributed by atoms with Gasteiger partial charge in [-0.1, -0.05) is 70.6 Å². The fraction of sp³-hybridized carbons (Fsp3) is 0.531. The van der Waals surface area contributed by atoms with Gasteiger partial charge in [-0.25, -0.2) is 13.4 Å². The molecule has 1 aliphatic rings. The van der Waals surface area contributed by atoms with Gasteiger partial charge in [0, 0.05) is 24.0 Å². The van der Waals surface area contributed by atoms with E-state index in [1.54, 1.807) is 14.2 Å². The largest absolute Gasteiger partial charge is 0.493 e.